The van der Waals surface area contributed by atoms with E-state index >= 15 is 0 Å². The van der Waals surface area contributed by atoms with Gasteiger partial charge in [0.05, 0.1) is 6.54 Å². The Kier molecular flexibility index (Phi) is 6.00. The number of hydrogen-bond donors (Lipinski definition) is 1. The average molecular weight is 306 g/mol. The van der Waals surface area contributed by atoms with E-state index in [9.17, 15) is 4.79 Å². The third kappa shape index (κ3) is 4.42. The Balaban J connectivity index is 2.01. The number of nitrogens with two attached hydrogens (primary N) is 1. The van der Waals surface area contributed by atoms with Crippen LogP contribution < -0.4 is 5.73 Å². The van der Waals surface area contributed by atoms with Crippen molar-refractivity contribution in [2.24, 2.45) is 11.1 Å². The molecule has 1 fully saturated rings. The van der Waals surface area contributed by atoms with Crippen LogP contribution in [0.5, 0.6) is 0 Å². The number of carbonyl (C=O) groups excluding carboxylic acids is 1. The third-order valence-electron chi connectivity index (χ3n) is 4.50. The van der Waals surface area contributed by atoms with Gasteiger partial charge in [0, 0.05) is 17.8 Å². The van der Waals surface area contributed by atoms with Crippen LogP contribution in [-0.4, -0.2) is 23.9 Å². The monoisotopic (exact) mass is 306 g/mol. The minimum absolute atomic E-state index is 0.0319. The Morgan fingerprint density at radius 3 is 2.76 bits per heavy atom. The zero-order chi connectivity index (χ0) is 15.1. The summed E-state index contributed by atoms with van der Waals surface area (Å²) in [5.74, 6) is 0.218. The highest BCUT2D eigenvalue weighted by Gasteiger charge is 2.34. The Bertz CT molecular complexity index is 449. The molecule has 1 aliphatic rings. The van der Waals surface area contributed by atoms with Crippen LogP contribution in [0.3, 0.4) is 0 Å². The topological polar surface area (TPSA) is 46.3 Å². The van der Waals surface area contributed by atoms with Crippen molar-refractivity contribution in [3.05, 3.63) is 35.0 Å². The molecule has 0 bridgehead atoms. The van der Waals surface area contributed by atoms with E-state index in [0.29, 0.717) is 26.1 Å². The van der Waals surface area contributed by atoms with Crippen molar-refractivity contribution >= 4 is 17.2 Å². The molecule has 3 nitrogen and oxygen atoms in total. The maximum Gasteiger partial charge on any atom is 0.223 e. The van der Waals surface area contributed by atoms with Gasteiger partial charge in [-0.15, -0.1) is 17.9 Å². The van der Waals surface area contributed by atoms with E-state index in [1.54, 1.807) is 11.3 Å². The lowest BCUT2D eigenvalue weighted by molar-refractivity contribution is -0.134. The molecule has 1 aromatic rings. The van der Waals surface area contributed by atoms with Crippen molar-refractivity contribution in [3.8, 4) is 0 Å². The number of rotatable bonds is 7. The molecule has 0 spiro atoms. The molecule has 0 aliphatic heterocycles. The molecule has 4 heteroatoms. The van der Waals surface area contributed by atoms with Gasteiger partial charge in [0.15, 0.2) is 0 Å². The third-order valence-corrected chi connectivity index (χ3v) is 5.36. The first-order valence-electron chi connectivity index (χ1n) is 7.80. The van der Waals surface area contributed by atoms with Crippen molar-refractivity contribution in [2.45, 2.75) is 45.1 Å². The van der Waals surface area contributed by atoms with Crippen LogP contribution in [0, 0.1) is 5.41 Å². The molecule has 0 unspecified atom stereocenters. The van der Waals surface area contributed by atoms with Gasteiger partial charge in [0.2, 0.25) is 5.91 Å². The van der Waals surface area contributed by atoms with E-state index < -0.39 is 0 Å². The highest BCUT2D eigenvalue weighted by atomic mass is 32.1. The molecule has 116 valence electrons. The van der Waals surface area contributed by atoms with E-state index in [1.165, 1.54) is 24.1 Å². The van der Waals surface area contributed by atoms with Crippen LogP contribution in [0.25, 0.3) is 0 Å². The standard InChI is InChI=1S/C17H26N2OS/c1-2-10-19(13-15-7-6-11-21-15)16(20)12-17(14-18)8-4-3-5-9-17/h2,6-7,11H,1,3-5,8-10,12-14,18H2. The van der Waals surface area contributed by atoms with Gasteiger partial charge in [-0.1, -0.05) is 31.4 Å². The molecule has 0 saturated heterocycles. The summed E-state index contributed by atoms with van der Waals surface area (Å²) >= 11 is 1.69. The van der Waals surface area contributed by atoms with Crippen molar-refractivity contribution in [2.75, 3.05) is 13.1 Å². The summed E-state index contributed by atoms with van der Waals surface area (Å²) < 4.78 is 0. The van der Waals surface area contributed by atoms with Crippen LogP contribution in [0.15, 0.2) is 30.2 Å². The first-order chi connectivity index (χ1) is 10.2. The first-order valence-corrected chi connectivity index (χ1v) is 8.68. The molecular weight excluding hydrogens is 280 g/mol. The van der Waals surface area contributed by atoms with Crippen LogP contribution in [-0.2, 0) is 11.3 Å². The molecule has 0 atom stereocenters. The van der Waals surface area contributed by atoms with Gasteiger partial charge >= 0.3 is 0 Å². The number of amides is 1. The second-order valence-corrected chi connectivity index (χ2v) is 7.12. The maximum absolute atomic E-state index is 12.7. The van der Waals surface area contributed by atoms with Crippen molar-refractivity contribution in [1.29, 1.82) is 0 Å². The molecule has 0 radical (unpaired) electrons. The second-order valence-electron chi connectivity index (χ2n) is 6.08. The van der Waals surface area contributed by atoms with Crippen LogP contribution in [0.2, 0.25) is 0 Å². The normalized spacial score (nSPS) is 17.4. The van der Waals surface area contributed by atoms with Crippen molar-refractivity contribution in [3.63, 3.8) is 0 Å². The van der Waals surface area contributed by atoms with Gasteiger partial charge in [-0.3, -0.25) is 4.79 Å². The smallest absolute Gasteiger partial charge is 0.223 e. The molecule has 1 saturated carbocycles. The summed E-state index contributed by atoms with van der Waals surface area (Å²) in [5, 5.41) is 2.05. The van der Waals surface area contributed by atoms with Gasteiger partial charge in [-0.25, -0.2) is 0 Å². The molecule has 1 amide bonds. The van der Waals surface area contributed by atoms with Gasteiger partial charge in [0.1, 0.15) is 0 Å². The largest absolute Gasteiger partial charge is 0.334 e. The van der Waals surface area contributed by atoms with E-state index in [2.05, 4.69) is 18.0 Å². The lowest BCUT2D eigenvalue weighted by Gasteiger charge is -2.37. The molecule has 21 heavy (non-hydrogen) atoms. The van der Waals surface area contributed by atoms with E-state index in [-0.39, 0.29) is 11.3 Å². The molecule has 1 aliphatic carbocycles. The highest BCUT2D eigenvalue weighted by Crippen LogP contribution is 2.38. The first kappa shape index (κ1) is 16.2. The van der Waals surface area contributed by atoms with E-state index in [0.717, 1.165) is 12.8 Å². The average Bonchev–Trinajstić information content (AvgIpc) is 3.01. The lowest BCUT2D eigenvalue weighted by atomic mass is 9.71. The van der Waals surface area contributed by atoms with Gasteiger partial charge in [0.25, 0.3) is 0 Å². The minimum Gasteiger partial charge on any atom is -0.334 e. The fourth-order valence-corrected chi connectivity index (χ4v) is 3.91. The SMILES string of the molecule is C=CCN(Cc1cccs1)C(=O)CC1(CN)CCCCC1. The molecule has 1 heterocycles. The minimum atomic E-state index is 0.0319. The lowest BCUT2D eigenvalue weighted by Crippen LogP contribution is -2.40. The van der Waals surface area contributed by atoms with Crippen molar-refractivity contribution in [1.82, 2.24) is 4.90 Å². The Morgan fingerprint density at radius 2 is 2.19 bits per heavy atom. The summed E-state index contributed by atoms with van der Waals surface area (Å²) in [6, 6.07) is 4.10. The number of carbonyl (C=O) groups is 1. The Morgan fingerprint density at radius 1 is 1.43 bits per heavy atom. The van der Waals surface area contributed by atoms with Gasteiger partial charge < -0.3 is 10.6 Å². The quantitative estimate of drug-likeness (QED) is 0.783. The predicted molar refractivity (Wildman–Crippen MR) is 89.1 cm³/mol. The van der Waals surface area contributed by atoms with Gasteiger partial charge in [-0.2, -0.15) is 0 Å². The van der Waals surface area contributed by atoms with Crippen LogP contribution in [0.1, 0.15) is 43.4 Å². The number of thiophene rings is 1. The summed E-state index contributed by atoms with van der Waals surface area (Å²) in [4.78, 5) is 15.8. The van der Waals surface area contributed by atoms with Crippen molar-refractivity contribution < 1.29 is 4.79 Å². The second kappa shape index (κ2) is 7.76. The molecule has 2 rings (SSSR count). The maximum atomic E-state index is 12.7. The summed E-state index contributed by atoms with van der Waals surface area (Å²) in [7, 11) is 0. The molecule has 0 aromatic carbocycles. The number of nitrogens with zero attached hydrogens (tertiary/aromatic N) is 1. The fraction of sp³-hybridized carbons (Fsp3) is 0.588. The zero-order valence-electron chi connectivity index (χ0n) is 12.7. The molecule has 1 aromatic heterocycles. The fourth-order valence-electron chi connectivity index (χ4n) is 3.19. The number of hydrogen-bond acceptors (Lipinski definition) is 3. The van der Waals surface area contributed by atoms with E-state index in [1.807, 2.05) is 17.0 Å². The Labute approximate surface area is 131 Å². The Hall–Kier alpha value is -1.13. The zero-order valence-corrected chi connectivity index (χ0v) is 13.5. The summed E-state index contributed by atoms with van der Waals surface area (Å²) in [6.07, 6.45) is 8.27. The predicted octanol–water partition coefficient (Wildman–Crippen LogP) is 3.56. The summed E-state index contributed by atoms with van der Waals surface area (Å²) in [6.45, 7) is 5.70. The van der Waals surface area contributed by atoms with E-state index in [4.69, 9.17) is 5.73 Å². The van der Waals surface area contributed by atoms with Gasteiger partial charge in [-0.05, 0) is 36.2 Å². The highest BCUT2D eigenvalue weighted by molar-refractivity contribution is 7.09. The van der Waals surface area contributed by atoms with Crippen LogP contribution in [0.4, 0.5) is 0 Å². The molecule has 2 N–H and O–H groups in total. The summed E-state index contributed by atoms with van der Waals surface area (Å²) in [5.41, 5.74) is 6.04. The van der Waals surface area contributed by atoms with Crippen LogP contribution >= 0.6 is 11.3 Å². The molecular formula is C17H26N2OS.